The minimum absolute atomic E-state index is 0.227. The van der Waals surface area contributed by atoms with Crippen LogP contribution >= 0.6 is 0 Å². The fourth-order valence-corrected chi connectivity index (χ4v) is 2.70. The number of rotatable bonds is 1. The van der Waals surface area contributed by atoms with E-state index in [2.05, 4.69) is 6.08 Å². The zero-order valence-electron chi connectivity index (χ0n) is 11.8. The third-order valence-corrected chi connectivity index (χ3v) is 3.76. The fourth-order valence-electron chi connectivity index (χ4n) is 2.70. The van der Waals surface area contributed by atoms with E-state index in [4.69, 9.17) is 4.74 Å². The number of ether oxygens (including phenoxy) is 1. The SMILES string of the molecule is Fc1ccc(C=C2c3ccccc3Oc3ccccc32)cc1. The Morgan fingerprint density at radius 3 is 1.82 bits per heavy atom. The van der Waals surface area contributed by atoms with Crippen LogP contribution in [0.1, 0.15) is 16.7 Å². The van der Waals surface area contributed by atoms with Crippen LogP contribution in [0.3, 0.4) is 0 Å². The molecule has 0 radical (unpaired) electrons. The monoisotopic (exact) mass is 288 g/mol. The van der Waals surface area contributed by atoms with E-state index in [-0.39, 0.29) is 5.82 Å². The van der Waals surface area contributed by atoms with Crippen LogP contribution in [0.4, 0.5) is 4.39 Å². The molecule has 0 aromatic heterocycles. The number of para-hydroxylation sites is 2. The number of hydrogen-bond acceptors (Lipinski definition) is 1. The Bertz CT molecular complexity index is 815. The van der Waals surface area contributed by atoms with E-state index >= 15 is 0 Å². The van der Waals surface area contributed by atoms with E-state index in [1.165, 1.54) is 12.1 Å². The van der Waals surface area contributed by atoms with Crippen molar-refractivity contribution in [1.82, 2.24) is 0 Å². The second kappa shape index (κ2) is 5.15. The maximum atomic E-state index is 13.1. The summed E-state index contributed by atoms with van der Waals surface area (Å²) in [6, 6.07) is 22.4. The van der Waals surface area contributed by atoms with Crippen LogP contribution in [-0.2, 0) is 0 Å². The Morgan fingerprint density at radius 2 is 1.23 bits per heavy atom. The topological polar surface area (TPSA) is 9.23 Å². The van der Waals surface area contributed by atoms with Gasteiger partial charge in [0.1, 0.15) is 17.3 Å². The fraction of sp³-hybridized carbons (Fsp3) is 0. The standard InChI is InChI=1S/C20H13FO/c21-15-11-9-14(10-12-15)13-18-16-5-1-3-7-19(16)22-20-8-4-2-6-17(18)20/h1-13H. The molecule has 22 heavy (non-hydrogen) atoms. The quantitative estimate of drug-likeness (QED) is 0.448. The van der Waals surface area contributed by atoms with Crippen LogP contribution in [0.25, 0.3) is 11.6 Å². The van der Waals surface area contributed by atoms with Gasteiger partial charge in [-0.1, -0.05) is 48.5 Å². The highest BCUT2D eigenvalue weighted by atomic mass is 19.1. The molecule has 2 heteroatoms. The highest BCUT2D eigenvalue weighted by molar-refractivity contribution is 5.96. The van der Waals surface area contributed by atoms with Crippen LogP contribution in [0.2, 0.25) is 0 Å². The molecule has 0 saturated carbocycles. The molecule has 0 spiro atoms. The lowest BCUT2D eigenvalue weighted by Gasteiger charge is -2.22. The molecule has 0 fully saturated rings. The Hall–Kier alpha value is -2.87. The van der Waals surface area contributed by atoms with Gasteiger partial charge in [0.25, 0.3) is 0 Å². The smallest absolute Gasteiger partial charge is 0.135 e. The molecule has 0 aliphatic carbocycles. The molecule has 106 valence electrons. The summed E-state index contributed by atoms with van der Waals surface area (Å²) in [6.07, 6.45) is 2.07. The first kappa shape index (κ1) is 12.8. The molecular formula is C20H13FO. The van der Waals surface area contributed by atoms with Gasteiger partial charge in [0.05, 0.1) is 0 Å². The van der Waals surface area contributed by atoms with Crippen molar-refractivity contribution >= 4 is 11.6 Å². The van der Waals surface area contributed by atoms with Crippen LogP contribution in [-0.4, -0.2) is 0 Å². The second-order valence-corrected chi connectivity index (χ2v) is 5.20. The normalized spacial score (nSPS) is 12.1. The van der Waals surface area contributed by atoms with Crippen molar-refractivity contribution in [1.29, 1.82) is 0 Å². The van der Waals surface area contributed by atoms with Crippen LogP contribution in [0.15, 0.2) is 72.8 Å². The van der Waals surface area contributed by atoms with E-state index in [1.54, 1.807) is 12.1 Å². The minimum atomic E-state index is -0.227. The van der Waals surface area contributed by atoms with Gasteiger partial charge in [-0.2, -0.15) is 0 Å². The molecule has 0 unspecified atom stereocenters. The molecule has 0 N–H and O–H groups in total. The molecule has 1 heterocycles. The first-order valence-corrected chi connectivity index (χ1v) is 7.15. The van der Waals surface area contributed by atoms with Gasteiger partial charge in [-0.3, -0.25) is 0 Å². The summed E-state index contributed by atoms with van der Waals surface area (Å²) >= 11 is 0. The first-order valence-electron chi connectivity index (χ1n) is 7.15. The van der Waals surface area contributed by atoms with Gasteiger partial charge in [-0.25, -0.2) is 4.39 Å². The summed E-state index contributed by atoms with van der Waals surface area (Å²) in [5, 5.41) is 0. The van der Waals surface area contributed by atoms with E-state index in [9.17, 15) is 4.39 Å². The van der Waals surface area contributed by atoms with Gasteiger partial charge >= 0.3 is 0 Å². The molecule has 1 aliphatic heterocycles. The largest absolute Gasteiger partial charge is 0.456 e. The van der Waals surface area contributed by atoms with Crippen molar-refractivity contribution in [2.75, 3.05) is 0 Å². The molecule has 1 nitrogen and oxygen atoms in total. The maximum absolute atomic E-state index is 13.1. The van der Waals surface area contributed by atoms with Crippen molar-refractivity contribution in [3.8, 4) is 11.5 Å². The molecule has 0 bridgehead atoms. The van der Waals surface area contributed by atoms with Gasteiger partial charge in [-0.15, -0.1) is 0 Å². The zero-order valence-corrected chi connectivity index (χ0v) is 11.8. The van der Waals surface area contributed by atoms with Crippen LogP contribution in [0, 0.1) is 5.82 Å². The van der Waals surface area contributed by atoms with Gasteiger partial charge in [-0.05, 0) is 41.5 Å². The zero-order chi connectivity index (χ0) is 14.9. The Labute approximate surface area is 128 Å². The van der Waals surface area contributed by atoms with Crippen molar-refractivity contribution in [3.63, 3.8) is 0 Å². The van der Waals surface area contributed by atoms with Gasteiger partial charge in [0, 0.05) is 11.1 Å². The number of fused-ring (bicyclic) bond motifs is 2. The molecule has 4 rings (SSSR count). The summed E-state index contributed by atoms with van der Waals surface area (Å²) in [4.78, 5) is 0. The van der Waals surface area contributed by atoms with Crippen molar-refractivity contribution in [3.05, 3.63) is 95.3 Å². The van der Waals surface area contributed by atoms with E-state index in [0.717, 1.165) is 33.8 Å². The number of benzene rings is 3. The summed E-state index contributed by atoms with van der Waals surface area (Å²) in [7, 11) is 0. The molecule has 0 amide bonds. The summed E-state index contributed by atoms with van der Waals surface area (Å²) in [6.45, 7) is 0. The van der Waals surface area contributed by atoms with E-state index < -0.39 is 0 Å². The summed E-state index contributed by atoms with van der Waals surface area (Å²) in [5.74, 6) is 1.46. The van der Waals surface area contributed by atoms with E-state index in [0.29, 0.717) is 0 Å². The Morgan fingerprint density at radius 1 is 0.682 bits per heavy atom. The van der Waals surface area contributed by atoms with Crippen molar-refractivity contribution < 1.29 is 9.13 Å². The third-order valence-electron chi connectivity index (χ3n) is 3.76. The lowest BCUT2D eigenvalue weighted by Crippen LogP contribution is -2.01. The minimum Gasteiger partial charge on any atom is -0.456 e. The molecule has 0 saturated heterocycles. The third kappa shape index (κ3) is 2.19. The Kier molecular flexibility index (Phi) is 3.01. The van der Waals surface area contributed by atoms with Gasteiger partial charge in [0.2, 0.25) is 0 Å². The summed E-state index contributed by atoms with van der Waals surface area (Å²) in [5.41, 5.74) is 4.14. The molecular weight excluding hydrogens is 275 g/mol. The lowest BCUT2D eigenvalue weighted by atomic mass is 9.92. The maximum Gasteiger partial charge on any atom is 0.135 e. The molecule has 1 aliphatic rings. The predicted molar refractivity (Wildman–Crippen MR) is 86.3 cm³/mol. The van der Waals surface area contributed by atoms with Gasteiger partial charge < -0.3 is 4.74 Å². The van der Waals surface area contributed by atoms with Crippen molar-refractivity contribution in [2.45, 2.75) is 0 Å². The van der Waals surface area contributed by atoms with Crippen molar-refractivity contribution in [2.24, 2.45) is 0 Å². The second-order valence-electron chi connectivity index (χ2n) is 5.20. The van der Waals surface area contributed by atoms with Gasteiger partial charge in [0.15, 0.2) is 0 Å². The molecule has 3 aromatic carbocycles. The van der Waals surface area contributed by atoms with E-state index in [1.807, 2.05) is 48.5 Å². The predicted octanol–water partition coefficient (Wildman–Crippen LogP) is 5.52. The Balaban J connectivity index is 1.93. The number of hydrogen-bond donors (Lipinski definition) is 0. The average Bonchev–Trinajstić information content (AvgIpc) is 2.56. The first-order chi connectivity index (χ1) is 10.8. The summed E-state index contributed by atoms with van der Waals surface area (Å²) < 4.78 is 19.1. The lowest BCUT2D eigenvalue weighted by molar-refractivity contribution is 0.474. The van der Waals surface area contributed by atoms with Crippen LogP contribution < -0.4 is 4.74 Å². The number of halogens is 1. The molecule has 3 aromatic rings. The molecule has 0 atom stereocenters. The van der Waals surface area contributed by atoms with Crippen LogP contribution in [0.5, 0.6) is 11.5 Å². The highest BCUT2D eigenvalue weighted by Crippen LogP contribution is 2.43. The highest BCUT2D eigenvalue weighted by Gasteiger charge is 2.20. The average molecular weight is 288 g/mol.